The van der Waals surface area contributed by atoms with E-state index in [0.29, 0.717) is 5.92 Å². The summed E-state index contributed by atoms with van der Waals surface area (Å²) in [4.78, 5) is 23.9. The van der Waals surface area contributed by atoms with Gasteiger partial charge in [0.05, 0.1) is 11.8 Å². The summed E-state index contributed by atoms with van der Waals surface area (Å²) in [5, 5.41) is 9.45. The highest BCUT2D eigenvalue weighted by atomic mass is 16.5. The molecule has 112 valence electrons. The maximum Gasteiger partial charge on any atom is 0.310 e. The van der Waals surface area contributed by atoms with E-state index in [1.807, 2.05) is 30.3 Å². The summed E-state index contributed by atoms with van der Waals surface area (Å²) < 4.78 is 5.38. The van der Waals surface area contributed by atoms with Crippen molar-refractivity contribution in [2.45, 2.75) is 26.4 Å². The molecule has 0 heterocycles. The van der Waals surface area contributed by atoms with E-state index in [4.69, 9.17) is 4.74 Å². The normalized spacial score (nSPS) is 33.9. The number of carbonyl (C=O) groups is 2. The number of aliphatic carboxylic acids is 1. The molecular formula is C17H20O4. The third kappa shape index (κ3) is 2.55. The van der Waals surface area contributed by atoms with E-state index in [0.717, 1.165) is 18.4 Å². The molecule has 2 unspecified atom stereocenters. The van der Waals surface area contributed by atoms with Crippen LogP contribution in [0, 0.1) is 29.6 Å². The van der Waals surface area contributed by atoms with Gasteiger partial charge in [0.15, 0.2) is 0 Å². The van der Waals surface area contributed by atoms with Gasteiger partial charge < -0.3 is 9.84 Å². The molecule has 1 aromatic carbocycles. The highest BCUT2D eigenvalue weighted by Crippen LogP contribution is 2.55. The maximum absolute atomic E-state index is 12.3. The molecule has 4 nitrogen and oxygen atoms in total. The average Bonchev–Trinajstić information content (AvgIpc) is 3.02. The molecule has 1 aromatic rings. The smallest absolute Gasteiger partial charge is 0.310 e. The fraction of sp³-hybridized carbons (Fsp3) is 0.529. The third-order valence-corrected chi connectivity index (χ3v) is 5.12. The van der Waals surface area contributed by atoms with E-state index < -0.39 is 17.8 Å². The first-order valence-corrected chi connectivity index (χ1v) is 7.51. The standard InChI is InChI=1S/C17H20O4/c1-10-7-12-8-13(10)15(16(18)19)14(12)17(20)21-9-11-5-3-2-4-6-11/h2-6,10,12-15H,7-9H2,1H3,(H,18,19)/t10-,12?,13?,14-,15-/m0/s1. The van der Waals surface area contributed by atoms with Crippen molar-refractivity contribution in [3.8, 4) is 0 Å². The quantitative estimate of drug-likeness (QED) is 0.865. The van der Waals surface area contributed by atoms with Gasteiger partial charge >= 0.3 is 11.9 Å². The van der Waals surface area contributed by atoms with Crippen LogP contribution in [0.5, 0.6) is 0 Å². The molecule has 3 rings (SSSR count). The Balaban J connectivity index is 1.68. The number of fused-ring (bicyclic) bond motifs is 2. The van der Waals surface area contributed by atoms with Gasteiger partial charge in [-0.2, -0.15) is 0 Å². The number of hydrogen-bond donors (Lipinski definition) is 1. The highest BCUT2D eigenvalue weighted by Gasteiger charge is 2.57. The zero-order valence-corrected chi connectivity index (χ0v) is 12.1. The van der Waals surface area contributed by atoms with Gasteiger partial charge in [-0.25, -0.2) is 0 Å². The van der Waals surface area contributed by atoms with Crippen molar-refractivity contribution in [3.63, 3.8) is 0 Å². The minimum Gasteiger partial charge on any atom is -0.481 e. The number of esters is 1. The van der Waals surface area contributed by atoms with Crippen LogP contribution in [-0.2, 0) is 20.9 Å². The molecule has 5 atom stereocenters. The molecule has 4 heteroatoms. The van der Waals surface area contributed by atoms with Crippen molar-refractivity contribution < 1.29 is 19.4 Å². The summed E-state index contributed by atoms with van der Waals surface area (Å²) in [7, 11) is 0. The third-order valence-electron chi connectivity index (χ3n) is 5.12. The van der Waals surface area contributed by atoms with E-state index in [1.165, 1.54) is 0 Å². The molecule has 1 N–H and O–H groups in total. The molecule has 0 radical (unpaired) electrons. The largest absolute Gasteiger partial charge is 0.481 e. The molecule has 2 aliphatic carbocycles. The van der Waals surface area contributed by atoms with Crippen LogP contribution in [0.2, 0.25) is 0 Å². The number of carbonyl (C=O) groups excluding carboxylic acids is 1. The highest BCUT2D eigenvalue weighted by molar-refractivity contribution is 5.82. The fourth-order valence-electron chi connectivity index (χ4n) is 4.18. The van der Waals surface area contributed by atoms with Crippen molar-refractivity contribution in [2.75, 3.05) is 0 Å². The number of carboxylic acid groups (broad SMARTS) is 1. The van der Waals surface area contributed by atoms with E-state index in [9.17, 15) is 14.7 Å². The summed E-state index contributed by atoms with van der Waals surface area (Å²) in [5.74, 6) is -1.53. The zero-order chi connectivity index (χ0) is 15.0. The van der Waals surface area contributed by atoms with Crippen molar-refractivity contribution in [1.82, 2.24) is 0 Å². The van der Waals surface area contributed by atoms with Crippen LogP contribution in [0.4, 0.5) is 0 Å². The van der Waals surface area contributed by atoms with Gasteiger partial charge in [0, 0.05) is 0 Å². The van der Waals surface area contributed by atoms with E-state index >= 15 is 0 Å². The number of hydrogen-bond acceptors (Lipinski definition) is 3. The van der Waals surface area contributed by atoms with Gasteiger partial charge in [-0.1, -0.05) is 37.3 Å². The topological polar surface area (TPSA) is 63.6 Å². The lowest BCUT2D eigenvalue weighted by Crippen LogP contribution is -2.38. The van der Waals surface area contributed by atoms with Gasteiger partial charge in [-0.3, -0.25) is 9.59 Å². The van der Waals surface area contributed by atoms with Crippen LogP contribution < -0.4 is 0 Å². The summed E-state index contributed by atoms with van der Waals surface area (Å²) in [6.45, 7) is 2.31. The van der Waals surface area contributed by atoms with Crippen LogP contribution in [0.1, 0.15) is 25.3 Å². The Labute approximate surface area is 124 Å². The summed E-state index contributed by atoms with van der Waals surface area (Å²) >= 11 is 0. The number of rotatable bonds is 4. The van der Waals surface area contributed by atoms with Crippen molar-refractivity contribution in [3.05, 3.63) is 35.9 Å². The monoisotopic (exact) mass is 288 g/mol. The second-order valence-electron chi connectivity index (χ2n) is 6.36. The molecule has 2 aliphatic rings. The molecule has 0 aromatic heterocycles. The predicted molar refractivity (Wildman–Crippen MR) is 76.2 cm³/mol. The number of carboxylic acids is 1. The number of ether oxygens (including phenoxy) is 1. The first-order chi connectivity index (χ1) is 10.1. The van der Waals surface area contributed by atoms with Gasteiger partial charge in [-0.05, 0) is 36.2 Å². The molecule has 0 aliphatic heterocycles. The lowest BCUT2D eigenvalue weighted by atomic mass is 9.74. The van der Waals surface area contributed by atoms with E-state index in [2.05, 4.69) is 6.92 Å². The SMILES string of the molecule is C[C@H]1CC2CC1[C@H](C(=O)O)[C@H]2C(=O)OCc1ccccc1. The van der Waals surface area contributed by atoms with E-state index in [-0.39, 0.29) is 24.4 Å². The fourth-order valence-corrected chi connectivity index (χ4v) is 4.18. The van der Waals surface area contributed by atoms with Gasteiger partial charge in [0.2, 0.25) is 0 Å². The average molecular weight is 288 g/mol. The van der Waals surface area contributed by atoms with Gasteiger partial charge in [0.1, 0.15) is 6.61 Å². The zero-order valence-electron chi connectivity index (χ0n) is 12.1. The molecule has 21 heavy (non-hydrogen) atoms. The molecule has 0 spiro atoms. The Morgan fingerprint density at radius 1 is 1.19 bits per heavy atom. The van der Waals surface area contributed by atoms with Crippen LogP contribution in [0.25, 0.3) is 0 Å². The molecule has 0 amide bonds. The summed E-state index contributed by atoms with van der Waals surface area (Å²) in [6, 6.07) is 9.48. The molecular weight excluding hydrogens is 268 g/mol. The summed E-state index contributed by atoms with van der Waals surface area (Å²) in [6.07, 6.45) is 1.79. The first kappa shape index (κ1) is 14.1. The second kappa shape index (κ2) is 5.51. The molecule has 0 saturated heterocycles. The maximum atomic E-state index is 12.3. The second-order valence-corrected chi connectivity index (χ2v) is 6.36. The predicted octanol–water partition coefficient (Wildman–Crippen LogP) is 2.72. The first-order valence-electron chi connectivity index (χ1n) is 7.51. The summed E-state index contributed by atoms with van der Waals surface area (Å²) in [5.41, 5.74) is 0.925. The van der Waals surface area contributed by atoms with Crippen LogP contribution in [0.15, 0.2) is 30.3 Å². The molecule has 2 saturated carbocycles. The lowest BCUT2D eigenvalue weighted by molar-refractivity contribution is -0.162. The Kier molecular flexibility index (Phi) is 3.70. The minimum absolute atomic E-state index is 0.127. The van der Waals surface area contributed by atoms with E-state index in [1.54, 1.807) is 0 Å². The Bertz CT molecular complexity index is 539. The Hall–Kier alpha value is -1.84. The van der Waals surface area contributed by atoms with Gasteiger partial charge in [0.25, 0.3) is 0 Å². The molecule has 2 bridgehead atoms. The van der Waals surface area contributed by atoms with Gasteiger partial charge in [-0.15, -0.1) is 0 Å². The number of benzene rings is 1. The minimum atomic E-state index is -0.851. The lowest BCUT2D eigenvalue weighted by Gasteiger charge is -2.30. The van der Waals surface area contributed by atoms with Crippen molar-refractivity contribution in [1.29, 1.82) is 0 Å². The van der Waals surface area contributed by atoms with Crippen molar-refractivity contribution >= 4 is 11.9 Å². The van der Waals surface area contributed by atoms with Crippen LogP contribution in [0.3, 0.4) is 0 Å². The Morgan fingerprint density at radius 2 is 1.90 bits per heavy atom. The van der Waals surface area contributed by atoms with Crippen LogP contribution >= 0.6 is 0 Å². The Morgan fingerprint density at radius 3 is 2.57 bits per heavy atom. The van der Waals surface area contributed by atoms with Crippen molar-refractivity contribution in [2.24, 2.45) is 29.6 Å². The van der Waals surface area contributed by atoms with Crippen LogP contribution in [-0.4, -0.2) is 17.0 Å². The molecule has 2 fully saturated rings.